The number of aliphatic hydroxyl groups excluding tert-OH is 1. The second kappa shape index (κ2) is 6.55. The molecule has 2 unspecified atom stereocenters. The molecular formula is C15H14Cl2FNO. The van der Waals surface area contributed by atoms with E-state index in [0.717, 1.165) is 5.56 Å². The topological polar surface area (TPSA) is 46.2 Å². The van der Waals surface area contributed by atoms with Crippen LogP contribution in [0.15, 0.2) is 42.5 Å². The Morgan fingerprint density at radius 2 is 1.90 bits per heavy atom. The molecule has 20 heavy (non-hydrogen) atoms. The number of halogens is 3. The van der Waals surface area contributed by atoms with E-state index >= 15 is 0 Å². The minimum absolute atomic E-state index is 0.179. The van der Waals surface area contributed by atoms with Crippen molar-refractivity contribution in [2.75, 3.05) is 6.54 Å². The number of aliphatic hydroxyl groups is 1. The summed E-state index contributed by atoms with van der Waals surface area (Å²) >= 11 is 11.9. The smallest absolute Gasteiger partial charge is 0.124 e. The molecule has 2 atom stereocenters. The third-order valence-corrected chi connectivity index (χ3v) is 3.76. The van der Waals surface area contributed by atoms with Crippen LogP contribution in [0.1, 0.15) is 23.1 Å². The molecule has 0 aliphatic carbocycles. The first-order valence-electron chi connectivity index (χ1n) is 6.11. The first-order chi connectivity index (χ1) is 9.52. The summed E-state index contributed by atoms with van der Waals surface area (Å²) < 4.78 is 13.1. The van der Waals surface area contributed by atoms with Gasteiger partial charge in [-0.2, -0.15) is 0 Å². The first kappa shape index (κ1) is 15.3. The van der Waals surface area contributed by atoms with Gasteiger partial charge in [-0.3, -0.25) is 0 Å². The average Bonchev–Trinajstić information content (AvgIpc) is 2.39. The summed E-state index contributed by atoms with van der Waals surface area (Å²) in [7, 11) is 0. The molecule has 0 heterocycles. The van der Waals surface area contributed by atoms with Crippen LogP contribution in [-0.4, -0.2) is 11.7 Å². The molecule has 106 valence electrons. The maximum Gasteiger partial charge on any atom is 0.124 e. The molecule has 0 aliphatic heterocycles. The highest BCUT2D eigenvalue weighted by Crippen LogP contribution is 2.34. The second-order valence-corrected chi connectivity index (χ2v) is 5.35. The van der Waals surface area contributed by atoms with Gasteiger partial charge in [-0.15, -0.1) is 0 Å². The van der Waals surface area contributed by atoms with E-state index in [9.17, 15) is 9.50 Å². The molecule has 0 fully saturated rings. The van der Waals surface area contributed by atoms with Crippen LogP contribution < -0.4 is 5.73 Å². The largest absolute Gasteiger partial charge is 0.388 e. The monoisotopic (exact) mass is 313 g/mol. The molecule has 0 radical (unpaired) electrons. The molecule has 2 aromatic rings. The predicted octanol–water partition coefficient (Wildman–Crippen LogP) is 3.91. The van der Waals surface area contributed by atoms with Crippen molar-refractivity contribution in [3.8, 4) is 0 Å². The summed E-state index contributed by atoms with van der Waals surface area (Å²) in [5.74, 6) is -0.810. The minimum atomic E-state index is -0.924. The molecule has 0 aliphatic rings. The fourth-order valence-electron chi connectivity index (χ4n) is 2.14. The Bertz CT molecular complexity index is 606. The van der Waals surface area contributed by atoms with Gasteiger partial charge in [0.25, 0.3) is 0 Å². The van der Waals surface area contributed by atoms with Gasteiger partial charge in [0.1, 0.15) is 5.82 Å². The molecule has 0 aromatic heterocycles. The zero-order chi connectivity index (χ0) is 14.7. The molecule has 2 rings (SSSR count). The number of rotatable bonds is 4. The van der Waals surface area contributed by atoms with Crippen LogP contribution in [0.25, 0.3) is 0 Å². The third-order valence-electron chi connectivity index (χ3n) is 3.19. The molecule has 5 heteroatoms. The molecule has 2 aromatic carbocycles. The summed E-state index contributed by atoms with van der Waals surface area (Å²) in [5.41, 5.74) is 7.01. The van der Waals surface area contributed by atoms with Crippen LogP contribution in [0.2, 0.25) is 10.0 Å². The van der Waals surface area contributed by atoms with Gasteiger partial charge < -0.3 is 10.8 Å². The van der Waals surface area contributed by atoms with Gasteiger partial charge in [0.15, 0.2) is 0 Å². The summed E-state index contributed by atoms with van der Waals surface area (Å²) in [6.07, 6.45) is -0.924. The van der Waals surface area contributed by atoms with Crippen molar-refractivity contribution in [2.24, 2.45) is 5.73 Å². The van der Waals surface area contributed by atoms with E-state index in [0.29, 0.717) is 10.6 Å². The quantitative estimate of drug-likeness (QED) is 0.899. The lowest BCUT2D eigenvalue weighted by Crippen LogP contribution is -2.20. The van der Waals surface area contributed by atoms with Crippen LogP contribution in [0, 0.1) is 5.82 Å². The highest BCUT2D eigenvalue weighted by atomic mass is 35.5. The van der Waals surface area contributed by atoms with Gasteiger partial charge in [0.05, 0.1) is 6.10 Å². The summed E-state index contributed by atoms with van der Waals surface area (Å²) in [6.45, 7) is 0.217. The summed E-state index contributed by atoms with van der Waals surface area (Å²) in [6, 6.07) is 11.0. The van der Waals surface area contributed by atoms with Gasteiger partial charge >= 0.3 is 0 Å². The van der Waals surface area contributed by atoms with Gasteiger partial charge in [-0.05, 0) is 35.4 Å². The Morgan fingerprint density at radius 3 is 2.50 bits per heavy atom. The zero-order valence-corrected chi connectivity index (χ0v) is 12.1. The first-order valence-corrected chi connectivity index (χ1v) is 6.87. The fourth-order valence-corrected chi connectivity index (χ4v) is 2.62. The van der Waals surface area contributed by atoms with Crippen LogP contribution in [0.3, 0.4) is 0 Å². The highest BCUT2D eigenvalue weighted by Gasteiger charge is 2.23. The molecule has 2 nitrogen and oxygen atoms in total. The van der Waals surface area contributed by atoms with E-state index in [2.05, 4.69) is 0 Å². The van der Waals surface area contributed by atoms with E-state index in [1.54, 1.807) is 18.2 Å². The molecule has 0 saturated heterocycles. The third kappa shape index (κ3) is 3.30. The molecule has 0 saturated carbocycles. The van der Waals surface area contributed by atoms with Crippen molar-refractivity contribution < 1.29 is 9.50 Å². The summed E-state index contributed by atoms with van der Waals surface area (Å²) in [5, 5.41) is 11.2. The SMILES string of the molecule is NCC(c1cccc(Cl)c1)C(O)c1ccc(F)cc1Cl. The van der Waals surface area contributed by atoms with E-state index in [1.165, 1.54) is 18.2 Å². The van der Waals surface area contributed by atoms with Gasteiger partial charge in [-0.1, -0.05) is 41.4 Å². The Labute approximate surface area is 126 Å². The minimum Gasteiger partial charge on any atom is -0.388 e. The number of benzene rings is 2. The van der Waals surface area contributed by atoms with Gasteiger partial charge in [0.2, 0.25) is 0 Å². The number of nitrogens with two attached hydrogens (primary N) is 1. The van der Waals surface area contributed by atoms with E-state index in [1.807, 2.05) is 6.07 Å². The van der Waals surface area contributed by atoms with Crippen LogP contribution in [0.4, 0.5) is 4.39 Å². The Kier molecular flexibility index (Phi) is 5.00. The van der Waals surface area contributed by atoms with E-state index < -0.39 is 11.9 Å². The van der Waals surface area contributed by atoms with Crippen LogP contribution >= 0.6 is 23.2 Å². The lowest BCUT2D eigenvalue weighted by molar-refractivity contribution is 0.147. The molecular weight excluding hydrogens is 300 g/mol. The zero-order valence-electron chi connectivity index (χ0n) is 10.6. The predicted molar refractivity (Wildman–Crippen MR) is 79.6 cm³/mol. The van der Waals surface area contributed by atoms with Crippen molar-refractivity contribution in [1.29, 1.82) is 0 Å². The Balaban J connectivity index is 2.36. The molecule has 0 bridgehead atoms. The van der Waals surface area contributed by atoms with Crippen molar-refractivity contribution in [1.82, 2.24) is 0 Å². The Morgan fingerprint density at radius 1 is 1.15 bits per heavy atom. The van der Waals surface area contributed by atoms with Crippen molar-refractivity contribution in [3.63, 3.8) is 0 Å². The van der Waals surface area contributed by atoms with Crippen molar-refractivity contribution in [2.45, 2.75) is 12.0 Å². The van der Waals surface area contributed by atoms with Crippen molar-refractivity contribution >= 4 is 23.2 Å². The lowest BCUT2D eigenvalue weighted by atomic mass is 9.89. The van der Waals surface area contributed by atoms with Gasteiger partial charge in [-0.25, -0.2) is 4.39 Å². The lowest BCUT2D eigenvalue weighted by Gasteiger charge is -2.23. The van der Waals surface area contributed by atoms with Crippen LogP contribution in [-0.2, 0) is 0 Å². The maximum atomic E-state index is 13.1. The van der Waals surface area contributed by atoms with E-state index in [-0.39, 0.29) is 17.5 Å². The van der Waals surface area contributed by atoms with Crippen molar-refractivity contribution in [3.05, 3.63) is 69.5 Å². The van der Waals surface area contributed by atoms with E-state index in [4.69, 9.17) is 28.9 Å². The molecule has 0 spiro atoms. The van der Waals surface area contributed by atoms with Crippen LogP contribution in [0.5, 0.6) is 0 Å². The summed E-state index contributed by atoms with van der Waals surface area (Å²) in [4.78, 5) is 0. The average molecular weight is 314 g/mol. The molecule has 0 amide bonds. The van der Waals surface area contributed by atoms with Gasteiger partial charge in [0, 0.05) is 22.5 Å². The Hall–Kier alpha value is -1.13. The maximum absolute atomic E-state index is 13.1. The second-order valence-electron chi connectivity index (χ2n) is 4.51. The highest BCUT2D eigenvalue weighted by molar-refractivity contribution is 6.31. The number of hydrogen-bond acceptors (Lipinski definition) is 2. The fraction of sp³-hybridized carbons (Fsp3) is 0.200. The standard InChI is InChI=1S/C15H14Cl2FNO/c16-10-3-1-2-9(6-10)13(8-19)15(20)12-5-4-11(18)7-14(12)17/h1-7,13,15,20H,8,19H2. The number of hydrogen-bond donors (Lipinski definition) is 2. The normalized spacial score (nSPS) is 14.1. The molecule has 3 N–H and O–H groups in total.